The normalized spacial score (nSPS) is 10.9. The molecule has 0 saturated heterocycles. The lowest BCUT2D eigenvalue weighted by atomic mass is 10.1. The van der Waals surface area contributed by atoms with Crippen LogP contribution in [0.3, 0.4) is 0 Å². The number of benzene rings is 3. The average molecular weight is 509 g/mol. The summed E-state index contributed by atoms with van der Waals surface area (Å²) in [7, 11) is 0. The highest BCUT2D eigenvalue weighted by molar-refractivity contribution is 9.10. The molecule has 1 N–H and O–H groups in total. The second kappa shape index (κ2) is 11.3. The summed E-state index contributed by atoms with van der Waals surface area (Å²) in [6.45, 7) is 4.14. The Morgan fingerprint density at radius 1 is 1.12 bits per heavy atom. The zero-order chi connectivity index (χ0) is 23.8. The van der Waals surface area contributed by atoms with E-state index in [2.05, 4.69) is 21.2 Å². The molecule has 1 amide bonds. The van der Waals surface area contributed by atoms with Crippen molar-refractivity contribution in [3.63, 3.8) is 0 Å². The second-order valence-electron chi connectivity index (χ2n) is 7.13. The fourth-order valence-electron chi connectivity index (χ4n) is 3.04. The summed E-state index contributed by atoms with van der Waals surface area (Å²) in [5, 5.41) is 12.3. The van der Waals surface area contributed by atoms with Gasteiger partial charge in [-0.25, -0.2) is 4.39 Å². The molecule has 0 radical (unpaired) electrons. The zero-order valence-corrected chi connectivity index (χ0v) is 19.8. The van der Waals surface area contributed by atoms with Crippen LogP contribution in [0.5, 0.6) is 11.5 Å². The number of amides is 1. The van der Waals surface area contributed by atoms with Crippen molar-refractivity contribution in [2.45, 2.75) is 20.5 Å². The van der Waals surface area contributed by atoms with Crippen LogP contribution in [0.4, 0.5) is 10.1 Å². The lowest BCUT2D eigenvalue weighted by Crippen LogP contribution is -2.13. The number of nitriles is 1. The van der Waals surface area contributed by atoms with Gasteiger partial charge in [-0.1, -0.05) is 46.3 Å². The minimum Gasteiger partial charge on any atom is -0.490 e. The molecule has 5 nitrogen and oxygen atoms in total. The van der Waals surface area contributed by atoms with Gasteiger partial charge in [-0.05, 0) is 61.4 Å². The number of halogens is 2. The largest absolute Gasteiger partial charge is 0.490 e. The Kier molecular flexibility index (Phi) is 8.22. The van der Waals surface area contributed by atoms with Crippen molar-refractivity contribution in [2.24, 2.45) is 0 Å². The van der Waals surface area contributed by atoms with Crippen LogP contribution in [0.15, 0.2) is 70.7 Å². The topological polar surface area (TPSA) is 71.3 Å². The maximum atomic E-state index is 13.9. The Morgan fingerprint density at radius 2 is 1.88 bits per heavy atom. The van der Waals surface area contributed by atoms with Crippen LogP contribution >= 0.6 is 15.9 Å². The SMILES string of the molecule is CCOc1cc(/C=C(\C#N)C(=O)Nc2cccc(C)c2)c(Br)cc1OCc1ccccc1F. The highest BCUT2D eigenvalue weighted by atomic mass is 79.9. The molecule has 7 heteroatoms. The summed E-state index contributed by atoms with van der Waals surface area (Å²) in [4.78, 5) is 12.6. The third kappa shape index (κ3) is 6.43. The van der Waals surface area contributed by atoms with E-state index in [9.17, 15) is 14.4 Å². The van der Waals surface area contributed by atoms with Gasteiger partial charge in [-0.15, -0.1) is 0 Å². The van der Waals surface area contributed by atoms with Crippen molar-refractivity contribution in [2.75, 3.05) is 11.9 Å². The van der Waals surface area contributed by atoms with Gasteiger partial charge in [-0.3, -0.25) is 4.79 Å². The summed E-state index contributed by atoms with van der Waals surface area (Å²) in [5.74, 6) is -0.0493. The Labute approximate surface area is 200 Å². The first-order chi connectivity index (χ1) is 15.9. The molecule has 0 aliphatic heterocycles. The fourth-order valence-corrected chi connectivity index (χ4v) is 3.48. The molecule has 33 heavy (non-hydrogen) atoms. The van der Waals surface area contributed by atoms with Crippen molar-refractivity contribution >= 4 is 33.6 Å². The molecule has 3 aromatic carbocycles. The molecule has 0 saturated carbocycles. The molecule has 0 bridgehead atoms. The molecule has 0 atom stereocenters. The van der Waals surface area contributed by atoms with Gasteiger partial charge in [0.15, 0.2) is 11.5 Å². The smallest absolute Gasteiger partial charge is 0.266 e. The van der Waals surface area contributed by atoms with Crippen LogP contribution < -0.4 is 14.8 Å². The average Bonchev–Trinajstić information content (AvgIpc) is 2.79. The Morgan fingerprint density at radius 3 is 2.58 bits per heavy atom. The van der Waals surface area contributed by atoms with E-state index in [1.807, 2.05) is 38.1 Å². The molecule has 0 unspecified atom stereocenters. The molecule has 3 aromatic rings. The fraction of sp³-hybridized carbons (Fsp3) is 0.154. The van der Waals surface area contributed by atoms with E-state index in [0.717, 1.165) is 5.56 Å². The number of hydrogen-bond donors (Lipinski definition) is 1. The van der Waals surface area contributed by atoms with E-state index in [0.29, 0.717) is 39.4 Å². The predicted octanol–water partition coefficient (Wildman–Crippen LogP) is 6.42. The zero-order valence-electron chi connectivity index (χ0n) is 18.2. The number of carbonyl (C=O) groups excluding carboxylic acids is 1. The molecule has 3 rings (SSSR count). The van der Waals surface area contributed by atoms with E-state index >= 15 is 0 Å². The van der Waals surface area contributed by atoms with E-state index < -0.39 is 5.91 Å². The number of ether oxygens (including phenoxy) is 2. The van der Waals surface area contributed by atoms with Crippen molar-refractivity contribution in [3.05, 3.63) is 93.2 Å². The standard InChI is InChI=1S/C26H22BrFN2O3/c1-3-32-24-13-19(12-20(15-29)26(31)30-21-9-6-7-17(2)11-21)22(27)14-25(24)33-16-18-8-4-5-10-23(18)28/h4-14H,3,16H2,1-2H3,(H,30,31)/b20-12+. The first-order valence-corrected chi connectivity index (χ1v) is 11.0. The summed E-state index contributed by atoms with van der Waals surface area (Å²) in [5.41, 5.74) is 2.50. The lowest BCUT2D eigenvalue weighted by molar-refractivity contribution is -0.112. The summed E-state index contributed by atoms with van der Waals surface area (Å²) in [6.07, 6.45) is 1.47. The van der Waals surface area contributed by atoms with Gasteiger partial charge in [0, 0.05) is 15.7 Å². The van der Waals surface area contributed by atoms with Gasteiger partial charge in [0.1, 0.15) is 24.1 Å². The molecule has 0 aliphatic rings. The summed E-state index contributed by atoms with van der Waals surface area (Å²) < 4.78 is 26.0. The highest BCUT2D eigenvalue weighted by Gasteiger charge is 2.15. The molecule has 0 heterocycles. The maximum absolute atomic E-state index is 13.9. The van der Waals surface area contributed by atoms with Crippen molar-refractivity contribution in [1.82, 2.24) is 0 Å². The van der Waals surface area contributed by atoms with Gasteiger partial charge < -0.3 is 14.8 Å². The van der Waals surface area contributed by atoms with Crippen LogP contribution in [0.25, 0.3) is 6.08 Å². The van der Waals surface area contributed by atoms with E-state index in [1.165, 1.54) is 12.1 Å². The minimum absolute atomic E-state index is 0.0245. The van der Waals surface area contributed by atoms with Crippen molar-refractivity contribution in [1.29, 1.82) is 5.26 Å². The second-order valence-corrected chi connectivity index (χ2v) is 7.98. The number of anilines is 1. The third-order valence-corrected chi connectivity index (χ3v) is 5.33. The van der Waals surface area contributed by atoms with Gasteiger partial charge in [-0.2, -0.15) is 5.26 Å². The lowest BCUT2D eigenvalue weighted by Gasteiger charge is -2.14. The molecule has 0 aromatic heterocycles. The molecular formula is C26H22BrFN2O3. The number of rotatable bonds is 8. The number of nitrogens with zero attached hydrogens (tertiary/aromatic N) is 1. The van der Waals surface area contributed by atoms with Crippen LogP contribution in [-0.2, 0) is 11.4 Å². The molecule has 0 aliphatic carbocycles. The maximum Gasteiger partial charge on any atom is 0.266 e. The van der Waals surface area contributed by atoms with Crippen molar-refractivity contribution in [3.8, 4) is 17.6 Å². The van der Waals surface area contributed by atoms with E-state index in [-0.39, 0.29) is 18.0 Å². The van der Waals surface area contributed by atoms with Crippen LogP contribution in [0.2, 0.25) is 0 Å². The Hall–Kier alpha value is -3.63. The minimum atomic E-state index is -0.521. The van der Waals surface area contributed by atoms with E-state index in [1.54, 1.807) is 36.4 Å². The van der Waals surface area contributed by atoms with E-state index in [4.69, 9.17) is 9.47 Å². The highest BCUT2D eigenvalue weighted by Crippen LogP contribution is 2.35. The van der Waals surface area contributed by atoms with Crippen LogP contribution in [0.1, 0.15) is 23.6 Å². The Balaban J connectivity index is 1.86. The monoisotopic (exact) mass is 508 g/mol. The molecule has 0 fully saturated rings. The number of carbonyl (C=O) groups is 1. The molecule has 0 spiro atoms. The van der Waals surface area contributed by atoms with Crippen LogP contribution in [-0.4, -0.2) is 12.5 Å². The quantitative estimate of drug-likeness (QED) is 0.281. The number of nitrogens with one attached hydrogen (secondary N) is 1. The number of aryl methyl sites for hydroxylation is 1. The van der Waals surface area contributed by atoms with Gasteiger partial charge >= 0.3 is 0 Å². The van der Waals surface area contributed by atoms with Gasteiger partial charge in [0.05, 0.1) is 6.61 Å². The molecule has 168 valence electrons. The predicted molar refractivity (Wildman–Crippen MR) is 129 cm³/mol. The Bertz CT molecular complexity index is 1230. The van der Waals surface area contributed by atoms with Crippen LogP contribution in [0, 0.1) is 24.1 Å². The molecular weight excluding hydrogens is 487 g/mol. The summed E-state index contributed by atoms with van der Waals surface area (Å²) in [6, 6.07) is 19.0. The first-order valence-electron chi connectivity index (χ1n) is 10.2. The van der Waals surface area contributed by atoms with Gasteiger partial charge in [0.25, 0.3) is 5.91 Å². The third-order valence-electron chi connectivity index (χ3n) is 4.64. The first kappa shape index (κ1) is 24.0. The number of hydrogen-bond acceptors (Lipinski definition) is 4. The summed E-state index contributed by atoms with van der Waals surface area (Å²) >= 11 is 3.46. The van der Waals surface area contributed by atoms with Gasteiger partial charge in [0.2, 0.25) is 0 Å². The van der Waals surface area contributed by atoms with Crippen molar-refractivity contribution < 1.29 is 18.7 Å².